The summed E-state index contributed by atoms with van der Waals surface area (Å²) in [5.41, 5.74) is 0. The second-order valence-electron chi connectivity index (χ2n) is 15.7. The summed E-state index contributed by atoms with van der Waals surface area (Å²) in [6.45, 7) is 4.55. The minimum atomic E-state index is -4.58. The van der Waals surface area contributed by atoms with Gasteiger partial charge in [-0.15, -0.1) is 0 Å². The first-order chi connectivity index (χ1) is 24.5. The van der Waals surface area contributed by atoms with Crippen LogP contribution in [0.15, 0.2) is 24.3 Å². The maximum absolute atomic E-state index is 12.6. The van der Waals surface area contributed by atoms with E-state index < -0.39 is 26.6 Å². The highest BCUT2D eigenvalue weighted by Gasteiger charge is 2.23. The van der Waals surface area contributed by atoms with Crippen LogP contribution in [0.2, 0.25) is 0 Å². The first-order valence-corrected chi connectivity index (χ1v) is 22.7. The number of carbonyl (C=O) groups is 1. The van der Waals surface area contributed by atoms with E-state index in [1.54, 1.807) is 6.08 Å². The van der Waals surface area contributed by atoms with E-state index in [0.29, 0.717) is 17.4 Å². The molecule has 0 bridgehead atoms. The summed E-state index contributed by atoms with van der Waals surface area (Å²) in [5.74, 6) is -0.217. The lowest BCUT2D eigenvalue weighted by molar-refractivity contribution is -0.870. The molecule has 9 heteroatoms. The molecule has 0 saturated carbocycles. The van der Waals surface area contributed by atoms with Gasteiger partial charge in [0.05, 0.1) is 39.9 Å². The van der Waals surface area contributed by atoms with E-state index in [1.165, 1.54) is 128 Å². The average Bonchev–Trinajstić information content (AvgIpc) is 3.07. The number of hydrogen-bond donors (Lipinski definition) is 2. The Hall–Kier alpha value is -1.02. The minimum Gasteiger partial charge on any atom is -0.756 e. The van der Waals surface area contributed by atoms with Crippen LogP contribution in [-0.2, 0) is 18.4 Å². The maximum atomic E-state index is 12.6. The molecular weight excluding hydrogens is 659 g/mol. The summed E-state index contributed by atoms with van der Waals surface area (Å²) < 4.78 is 23.0. The largest absolute Gasteiger partial charge is 0.756 e. The van der Waals surface area contributed by atoms with Gasteiger partial charge >= 0.3 is 0 Å². The molecule has 0 spiro atoms. The van der Waals surface area contributed by atoms with Gasteiger partial charge in [0.15, 0.2) is 0 Å². The number of likely N-dealkylation sites (N-methyl/N-ethyl adjacent to an activating group) is 1. The van der Waals surface area contributed by atoms with E-state index in [2.05, 4.69) is 31.3 Å². The Morgan fingerprint density at radius 1 is 0.667 bits per heavy atom. The van der Waals surface area contributed by atoms with Crippen molar-refractivity contribution >= 4 is 13.7 Å². The van der Waals surface area contributed by atoms with Crippen molar-refractivity contribution in [3.8, 4) is 0 Å². The van der Waals surface area contributed by atoms with Gasteiger partial charge in [-0.05, 0) is 32.1 Å². The smallest absolute Gasteiger partial charge is 0.268 e. The number of hydrogen-bond acceptors (Lipinski definition) is 6. The van der Waals surface area contributed by atoms with Crippen molar-refractivity contribution < 1.29 is 32.9 Å². The molecule has 8 nitrogen and oxygen atoms in total. The van der Waals surface area contributed by atoms with Gasteiger partial charge in [-0.25, -0.2) is 0 Å². The number of nitrogens with one attached hydrogen (secondary N) is 1. The average molecular weight is 743 g/mol. The lowest BCUT2D eigenvalue weighted by Crippen LogP contribution is -2.45. The van der Waals surface area contributed by atoms with Crippen molar-refractivity contribution in [2.24, 2.45) is 0 Å². The number of aliphatic hydroxyl groups excluding tert-OH is 1. The van der Waals surface area contributed by atoms with Crippen molar-refractivity contribution in [2.45, 2.75) is 199 Å². The van der Waals surface area contributed by atoms with Crippen molar-refractivity contribution in [3.05, 3.63) is 24.3 Å². The molecule has 0 aromatic heterocycles. The molecule has 1 amide bonds. The topological polar surface area (TPSA) is 108 Å². The fourth-order valence-electron chi connectivity index (χ4n) is 5.99. The number of amides is 1. The molecule has 0 aromatic carbocycles. The predicted molar refractivity (Wildman–Crippen MR) is 215 cm³/mol. The number of carbonyl (C=O) groups excluding carboxylic acids is 1. The van der Waals surface area contributed by atoms with Crippen LogP contribution < -0.4 is 10.2 Å². The number of allylic oxidation sites excluding steroid dienone is 3. The standard InChI is InChI=1S/C42H83N2O6P/c1-6-8-10-12-14-15-16-17-18-19-20-21-22-23-24-25-26-27-28-29-30-31-33-35-41(45)40(43-42(46)36-34-32-13-11-9-7-2)39-50-51(47,48)49-38-37-44(3,4)5/h28-29,33,35,40-41,45H,6-27,30-32,34,36-39H2,1-5H3,(H-,43,46,47,48)/b29-28+,35-33+. The highest BCUT2D eigenvalue weighted by Crippen LogP contribution is 2.38. The van der Waals surface area contributed by atoms with Gasteiger partial charge in [0.25, 0.3) is 7.82 Å². The zero-order valence-corrected chi connectivity index (χ0v) is 35.0. The van der Waals surface area contributed by atoms with E-state index in [1.807, 2.05) is 27.2 Å². The second-order valence-corrected chi connectivity index (χ2v) is 17.1. The van der Waals surface area contributed by atoms with E-state index in [9.17, 15) is 19.4 Å². The number of quaternary nitrogens is 1. The Bertz CT molecular complexity index is 891. The quantitative estimate of drug-likeness (QED) is 0.0282. The lowest BCUT2D eigenvalue weighted by atomic mass is 10.0. The third kappa shape index (κ3) is 37.1. The van der Waals surface area contributed by atoms with Crippen LogP contribution >= 0.6 is 7.82 Å². The van der Waals surface area contributed by atoms with Crippen molar-refractivity contribution in [1.82, 2.24) is 5.32 Å². The van der Waals surface area contributed by atoms with Crippen molar-refractivity contribution in [1.29, 1.82) is 0 Å². The zero-order valence-electron chi connectivity index (χ0n) is 34.1. The molecule has 0 radical (unpaired) electrons. The van der Waals surface area contributed by atoms with Gasteiger partial charge in [0.2, 0.25) is 5.91 Å². The summed E-state index contributed by atoms with van der Waals surface area (Å²) in [4.78, 5) is 25.0. The molecule has 51 heavy (non-hydrogen) atoms. The zero-order chi connectivity index (χ0) is 37.9. The Morgan fingerprint density at radius 2 is 1.10 bits per heavy atom. The summed E-state index contributed by atoms with van der Waals surface area (Å²) in [6, 6.07) is -0.895. The normalized spacial score (nSPS) is 14.7. The molecule has 0 aromatic rings. The van der Waals surface area contributed by atoms with Gasteiger partial charge < -0.3 is 28.8 Å². The summed E-state index contributed by atoms with van der Waals surface area (Å²) >= 11 is 0. The number of phosphoric acid groups is 1. The Morgan fingerprint density at radius 3 is 1.59 bits per heavy atom. The molecular formula is C42H83N2O6P. The van der Waals surface area contributed by atoms with Crippen LogP contribution in [0.25, 0.3) is 0 Å². The third-order valence-electron chi connectivity index (χ3n) is 9.41. The minimum absolute atomic E-state index is 0.00514. The summed E-state index contributed by atoms with van der Waals surface area (Å²) in [7, 11) is 1.24. The van der Waals surface area contributed by atoms with Crippen LogP contribution in [0.5, 0.6) is 0 Å². The SMILES string of the molecule is CCCCCCCCCCCCCCCCCCC/C=C/CC/C=C/C(O)C(COP(=O)([O-])OCC[N+](C)(C)C)NC(=O)CCCCCCCC. The fraction of sp³-hybridized carbons (Fsp3) is 0.881. The highest BCUT2D eigenvalue weighted by molar-refractivity contribution is 7.45. The van der Waals surface area contributed by atoms with E-state index in [0.717, 1.165) is 38.5 Å². The fourth-order valence-corrected chi connectivity index (χ4v) is 6.71. The van der Waals surface area contributed by atoms with Gasteiger partial charge in [-0.1, -0.05) is 173 Å². The van der Waals surface area contributed by atoms with E-state index >= 15 is 0 Å². The van der Waals surface area contributed by atoms with Crippen molar-refractivity contribution in [3.63, 3.8) is 0 Å². The number of phosphoric ester groups is 1. The molecule has 302 valence electrons. The van der Waals surface area contributed by atoms with Crippen molar-refractivity contribution in [2.75, 3.05) is 40.9 Å². The van der Waals surface area contributed by atoms with Gasteiger partial charge in [0, 0.05) is 6.42 Å². The van der Waals surface area contributed by atoms with Crippen LogP contribution in [-0.4, -0.2) is 68.5 Å². The van der Waals surface area contributed by atoms with E-state index in [4.69, 9.17) is 9.05 Å². The molecule has 0 fully saturated rings. The monoisotopic (exact) mass is 743 g/mol. The van der Waals surface area contributed by atoms with Gasteiger partial charge in [0.1, 0.15) is 13.2 Å². The predicted octanol–water partition coefficient (Wildman–Crippen LogP) is 10.7. The number of rotatable bonds is 38. The number of nitrogens with zero attached hydrogens (tertiary/aromatic N) is 1. The number of unbranched alkanes of at least 4 members (excludes halogenated alkanes) is 23. The van der Waals surface area contributed by atoms with Crippen LogP contribution in [0.1, 0.15) is 187 Å². The first kappa shape index (κ1) is 50.0. The van der Waals surface area contributed by atoms with Gasteiger partial charge in [-0.2, -0.15) is 0 Å². The molecule has 0 heterocycles. The molecule has 3 atom stereocenters. The molecule has 0 saturated heterocycles. The molecule has 0 aliphatic rings. The lowest BCUT2D eigenvalue weighted by Gasteiger charge is -2.29. The second kappa shape index (κ2) is 34.7. The third-order valence-corrected chi connectivity index (χ3v) is 10.4. The van der Waals surface area contributed by atoms with Gasteiger partial charge in [-0.3, -0.25) is 9.36 Å². The Balaban J connectivity index is 4.24. The Kier molecular flexibility index (Phi) is 34.0. The molecule has 2 N–H and O–H groups in total. The van der Waals surface area contributed by atoms with Crippen LogP contribution in [0, 0.1) is 0 Å². The Labute approximate surface area is 315 Å². The van der Waals surface area contributed by atoms with Crippen LogP contribution in [0.3, 0.4) is 0 Å². The van der Waals surface area contributed by atoms with E-state index in [-0.39, 0.29) is 12.5 Å². The summed E-state index contributed by atoms with van der Waals surface area (Å²) in [5, 5.41) is 13.6. The molecule has 0 rings (SSSR count). The van der Waals surface area contributed by atoms with Crippen LogP contribution in [0.4, 0.5) is 0 Å². The molecule has 0 aliphatic carbocycles. The molecule has 0 aliphatic heterocycles. The molecule has 3 unspecified atom stereocenters. The first-order valence-electron chi connectivity index (χ1n) is 21.2. The maximum Gasteiger partial charge on any atom is 0.268 e. The number of aliphatic hydroxyl groups is 1. The highest BCUT2D eigenvalue weighted by atomic mass is 31.2. The summed E-state index contributed by atoms with van der Waals surface area (Å²) in [6.07, 6.45) is 39.8.